The highest BCUT2D eigenvalue weighted by Gasteiger charge is 2.22. The summed E-state index contributed by atoms with van der Waals surface area (Å²) < 4.78 is 14.3. The minimum Gasteiger partial charge on any atom is -0.386 e. The molecule has 3 heteroatoms. The van der Waals surface area contributed by atoms with Gasteiger partial charge in [-0.25, -0.2) is 4.39 Å². The molecule has 1 N–H and O–H groups in total. The van der Waals surface area contributed by atoms with Crippen molar-refractivity contribution in [3.05, 3.63) is 33.5 Å². The topological polar surface area (TPSA) is 20.2 Å². The Morgan fingerprint density at radius 3 is 2.38 bits per heavy atom. The smallest absolute Gasteiger partial charge is 0.133 e. The lowest BCUT2D eigenvalue weighted by Crippen LogP contribution is -2.18. The highest BCUT2D eigenvalue weighted by Crippen LogP contribution is 2.28. The van der Waals surface area contributed by atoms with Crippen LogP contribution >= 0.6 is 15.9 Å². The van der Waals surface area contributed by atoms with Gasteiger partial charge < -0.3 is 5.11 Å². The van der Waals surface area contributed by atoms with Crippen LogP contribution in [0.4, 0.5) is 4.39 Å². The zero-order valence-electron chi connectivity index (χ0n) is 7.86. The first-order valence-corrected chi connectivity index (χ1v) is 4.81. The van der Waals surface area contributed by atoms with Gasteiger partial charge >= 0.3 is 0 Å². The molecule has 0 fully saturated rings. The molecule has 1 aromatic rings. The van der Waals surface area contributed by atoms with Crippen LogP contribution in [0.15, 0.2) is 16.6 Å². The van der Waals surface area contributed by atoms with Gasteiger partial charge in [-0.15, -0.1) is 0 Å². The standard InChI is InChI=1S/C10H12BrFO/c1-6-8(11)5-4-7(9(6)12)10(2,3)13/h4-5,13H,1-3H3. The lowest BCUT2D eigenvalue weighted by molar-refractivity contribution is 0.0744. The summed E-state index contributed by atoms with van der Waals surface area (Å²) in [5.74, 6) is -0.345. The van der Waals surface area contributed by atoms with E-state index in [9.17, 15) is 9.50 Å². The van der Waals surface area contributed by atoms with Gasteiger partial charge in [0.25, 0.3) is 0 Å². The quantitative estimate of drug-likeness (QED) is 0.808. The van der Waals surface area contributed by atoms with Gasteiger partial charge in [-0.1, -0.05) is 22.0 Å². The number of hydrogen-bond acceptors (Lipinski definition) is 1. The van der Waals surface area contributed by atoms with Gasteiger partial charge in [-0.3, -0.25) is 0 Å². The fourth-order valence-corrected chi connectivity index (χ4v) is 1.44. The highest BCUT2D eigenvalue weighted by molar-refractivity contribution is 9.10. The summed E-state index contributed by atoms with van der Waals surface area (Å²) in [5.41, 5.74) is -0.275. The predicted molar refractivity (Wildman–Crippen MR) is 54.1 cm³/mol. The minimum absolute atomic E-state index is 0.327. The lowest BCUT2D eigenvalue weighted by atomic mass is 9.96. The molecule has 0 unspecified atom stereocenters. The molecule has 72 valence electrons. The molecule has 1 nitrogen and oxygen atoms in total. The van der Waals surface area contributed by atoms with Crippen LogP contribution in [0.3, 0.4) is 0 Å². The molecule has 0 aliphatic carbocycles. The molecule has 0 atom stereocenters. The largest absolute Gasteiger partial charge is 0.386 e. The Hall–Kier alpha value is -0.410. The first-order valence-electron chi connectivity index (χ1n) is 4.01. The summed E-state index contributed by atoms with van der Waals surface area (Å²) in [6.07, 6.45) is 0. The van der Waals surface area contributed by atoms with E-state index >= 15 is 0 Å². The molecule has 13 heavy (non-hydrogen) atoms. The summed E-state index contributed by atoms with van der Waals surface area (Å²) in [5, 5.41) is 9.63. The van der Waals surface area contributed by atoms with Gasteiger partial charge in [0.15, 0.2) is 0 Å². The van der Waals surface area contributed by atoms with Crippen molar-refractivity contribution in [2.45, 2.75) is 26.4 Å². The van der Waals surface area contributed by atoms with Crippen molar-refractivity contribution >= 4 is 15.9 Å². The van der Waals surface area contributed by atoms with E-state index in [0.29, 0.717) is 11.1 Å². The van der Waals surface area contributed by atoms with Crippen LogP contribution in [0.1, 0.15) is 25.0 Å². The molecule has 0 spiro atoms. The van der Waals surface area contributed by atoms with Crippen molar-refractivity contribution in [2.75, 3.05) is 0 Å². The van der Waals surface area contributed by atoms with Gasteiger partial charge in [0, 0.05) is 10.0 Å². The third-order valence-electron chi connectivity index (χ3n) is 1.98. The van der Waals surface area contributed by atoms with Crippen LogP contribution in [0.25, 0.3) is 0 Å². The second-order valence-electron chi connectivity index (χ2n) is 3.59. The zero-order chi connectivity index (χ0) is 10.2. The highest BCUT2D eigenvalue weighted by atomic mass is 79.9. The number of hydrogen-bond donors (Lipinski definition) is 1. The Kier molecular flexibility index (Phi) is 2.78. The van der Waals surface area contributed by atoms with E-state index in [2.05, 4.69) is 15.9 Å². The molecule has 1 aromatic carbocycles. The maximum absolute atomic E-state index is 13.6. The molecule has 0 aliphatic heterocycles. The third-order valence-corrected chi connectivity index (χ3v) is 2.84. The van der Waals surface area contributed by atoms with Crippen LogP contribution in [0.5, 0.6) is 0 Å². The number of aliphatic hydroxyl groups is 1. The van der Waals surface area contributed by atoms with E-state index in [1.165, 1.54) is 0 Å². The van der Waals surface area contributed by atoms with E-state index in [1.807, 2.05) is 0 Å². The number of benzene rings is 1. The molecule has 0 amide bonds. The van der Waals surface area contributed by atoms with Gasteiger partial charge in [-0.05, 0) is 32.4 Å². The minimum atomic E-state index is -1.13. The molecule has 0 aliphatic rings. The predicted octanol–water partition coefficient (Wildman–Crippen LogP) is 3.12. The monoisotopic (exact) mass is 246 g/mol. The maximum atomic E-state index is 13.6. The first kappa shape index (κ1) is 10.7. The lowest BCUT2D eigenvalue weighted by Gasteiger charge is -2.19. The summed E-state index contributed by atoms with van der Waals surface area (Å²) in [6.45, 7) is 4.81. The van der Waals surface area contributed by atoms with Gasteiger partial charge in [-0.2, -0.15) is 0 Å². The second-order valence-corrected chi connectivity index (χ2v) is 4.45. The Labute approximate surface area is 85.7 Å². The SMILES string of the molecule is Cc1c(Br)ccc(C(C)(C)O)c1F. The van der Waals surface area contributed by atoms with E-state index in [-0.39, 0.29) is 5.82 Å². The molecule has 0 saturated carbocycles. The van der Waals surface area contributed by atoms with Gasteiger partial charge in [0.2, 0.25) is 0 Å². The number of halogens is 2. The fourth-order valence-electron chi connectivity index (χ4n) is 1.13. The number of rotatable bonds is 1. The van der Waals surface area contributed by atoms with Crippen molar-refractivity contribution in [3.63, 3.8) is 0 Å². The molecular formula is C10H12BrFO. The van der Waals surface area contributed by atoms with Crippen LogP contribution in [0.2, 0.25) is 0 Å². The molecule has 0 saturated heterocycles. The van der Waals surface area contributed by atoms with Crippen molar-refractivity contribution in [3.8, 4) is 0 Å². The Bertz CT molecular complexity index is 328. The average Bonchev–Trinajstić information content (AvgIpc) is 1.98. The molecule has 0 aromatic heterocycles. The van der Waals surface area contributed by atoms with Crippen molar-refractivity contribution in [1.82, 2.24) is 0 Å². The van der Waals surface area contributed by atoms with Crippen LogP contribution in [-0.2, 0) is 5.60 Å². The van der Waals surface area contributed by atoms with E-state index in [4.69, 9.17) is 0 Å². The molecule has 0 heterocycles. The van der Waals surface area contributed by atoms with Crippen molar-refractivity contribution in [2.24, 2.45) is 0 Å². The normalized spacial score (nSPS) is 11.8. The average molecular weight is 247 g/mol. The summed E-state index contributed by atoms with van der Waals surface area (Å²) >= 11 is 3.23. The first-order chi connectivity index (χ1) is 5.84. The third kappa shape index (κ3) is 2.09. The second kappa shape index (κ2) is 3.39. The van der Waals surface area contributed by atoms with Crippen LogP contribution in [0, 0.1) is 12.7 Å². The summed E-state index contributed by atoms with van der Waals surface area (Å²) in [6, 6.07) is 3.33. The van der Waals surface area contributed by atoms with Gasteiger partial charge in [0.05, 0.1) is 5.60 Å². The van der Waals surface area contributed by atoms with E-state index in [0.717, 1.165) is 4.47 Å². The molecular weight excluding hydrogens is 235 g/mol. The zero-order valence-corrected chi connectivity index (χ0v) is 9.44. The molecule has 0 radical (unpaired) electrons. The molecule has 1 rings (SSSR count). The van der Waals surface area contributed by atoms with Crippen molar-refractivity contribution in [1.29, 1.82) is 0 Å². The van der Waals surface area contributed by atoms with Crippen LogP contribution < -0.4 is 0 Å². The molecule has 0 bridgehead atoms. The van der Waals surface area contributed by atoms with Crippen LogP contribution in [-0.4, -0.2) is 5.11 Å². The Balaban J connectivity index is 3.35. The van der Waals surface area contributed by atoms with E-state index < -0.39 is 5.60 Å². The Morgan fingerprint density at radius 2 is 1.92 bits per heavy atom. The van der Waals surface area contributed by atoms with E-state index in [1.54, 1.807) is 32.9 Å². The van der Waals surface area contributed by atoms with Gasteiger partial charge in [0.1, 0.15) is 5.82 Å². The van der Waals surface area contributed by atoms with Crippen molar-refractivity contribution < 1.29 is 9.50 Å². The maximum Gasteiger partial charge on any atom is 0.133 e. The summed E-state index contributed by atoms with van der Waals surface area (Å²) in [4.78, 5) is 0. The Morgan fingerprint density at radius 1 is 1.38 bits per heavy atom. The summed E-state index contributed by atoms with van der Waals surface area (Å²) in [7, 11) is 0. The fraction of sp³-hybridized carbons (Fsp3) is 0.400.